The summed E-state index contributed by atoms with van der Waals surface area (Å²) in [5.74, 6) is 1.62. The van der Waals surface area contributed by atoms with E-state index in [4.69, 9.17) is 11.6 Å². The van der Waals surface area contributed by atoms with E-state index in [1.807, 2.05) is 31.2 Å². The summed E-state index contributed by atoms with van der Waals surface area (Å²) in [6, 6.07) is 7.73. The first-order valence-electron chi connectivity index (χ1n) is 5.68. The van der Waals surface area contributed by atoms with Crippen LogP contribution in [0.15, 0.2) is 34.9 Å². The molecule has 0 aliphatic carbocycles. The van der Waals surface area contributed by atoms with Crippen LogP contribution in [-0.2, 0) is 6.42 Å². The fourth-order valence-electron chi connectivity index (χ4n) is 1.57. The molecule has 18 heavy (non-hydrogen) atoms. The van der Waals surface area contributed by atoms with E-state index in [-0.39, 0.29) is 0 Å². The first-order valence-corrected chi connectivity index (χ1v) is 6.86. The Bertz CT molecular complexity index is 528. The number of rotatable bonds is 4. The van der Waals surface area contributed by atoms with E-state index in [2.05, 4.69) is 31.2 Å². The monoisotopic (exact) mass is 325 g/mol. The summed E-state index contributed by atoms with van der Waals surface area (Å²) in [5.41, 5.74) is 1.14. The highest BCUT2D eigenvalue weighted by Crippen LogP contribution is 2.19. The van der Waals surface area contributed by atoms with Gasteiger partial charge >= 0.3 is 0 Å². The zero-order chi connectivity index (χ0) is 13.0. The van der Waals surface area contributed by atoms with Crippen molar-refractivity contribution in [2.75, 3.05) is 11.9 Å². The van der Waals surface area contributed by atoms with Crippen molar-refractivity contribution >= 4 is 33.3 Å². The van der Waals surface area contributed by atoms with Crippen LogP contribution < -0.4 is 5.32 Å². The summed E-state index contributed by atoms with van der Waals surface area (Å²) < 4.78 is 0.879. The predicted molar refractivity (Wildman–Crippen MR) is 78.2 cm³/mol. The van der Waals surface area contributed by atoms with Crippen LogP contribution in [0.1, 0.15) is 18.3 Å². The standard InChI is InChI=1S/C13H13BrClN3/c1-2-16-13-11(14)8-17-12(18-13)7-9-3-5-10(15)6-4-9/h3-6,8H,2,7H2,1H3,(H,16,17,18). The van der Waals surface area contributed by atoms with Crippen LogP contribution in [0, 0.1) is 0 Å². The van der Waals surface area contributed by atoms with E-state index in [9.17, 15) is 0 Å². The zero-order valence-corrected chi connectivity index (χ0v) is 12.3. The first kappa shape index (κ1) is 13.3. The van der Waals surface area contributed by atoms with E-state index >= 15 is 0 Å². The van der Waals surface area contributed by atoms with E-state index in [0.29, 0.717) is 6.42 Å². The third-order valence-electron chi connectivity index (χ3n) is 2.41. The summed E-state index contributed by atoms with van der Waals surface area (Å²) in [5, 5.41) is 3.93. The molecular weight excluding hydrogens is 314 g/mol. The first-order chi connectivity index (χ1) is 8.69. The number of nitrogens with one attached hydrogen (secondary N) is 1. The molecule has 1 aromatic heterocycles. The molecule has 0 saturated carbocycles. The summed E-state index contributed by atoms with van der Waals surface area (Å²) >= 11 is 9.28. The smallest absolute Gasteiger partial charge is 0.144 e. The molecule has 0 saturated heterocycles. The lowest BCUT2D eigenvalue weighted by molar-refractivity contribution is 0.956. The van der Waals surface area contributed by atoms with E-state index in [0.717, 1.165) is 33.2 Å². The maximum atomic E-state index is 5.85. The Morgan fingerprint density at radius 2 is 2.00 bits per heavy atom. The summed E-state index contributed by atoms with van der Waals surface area (Å²) in [4.78, 5) is 8.79. The van der Waals surface area contributed by atoms with Crippen LogP contribution >= 0.6 is 27.5 Å². The Morgan fingerprint density at radius 1 is 1.28 bits per heavy atom. The molecule has 0 aliphatic rings. The zero-order valence-electron chi connectivity index (χ0n) is 9.95. The Morgan fingerprint density at radius 3 is 2.67 bits per heavy atom. The lowest BCUT2D eigenvalue weighted by Gasteiger charge is -2.07. The number of hydrogen-bond donors (Lipinski definition) is 1. The van der Waals surface area contributed by atoms with Crippen LogP contribution in [0.3, 0.4) is 0 Å². The minimum atomic E-state index is 0.697. The fraction of sp³-hybridized carbons (Fsp3) is 0.231. The van der Waals surface area contributed by atoms with Crippen LogP contribution in [0.5, 0.6) is 0 Å². The van der Waals surface area contributed by atoms with Gasteiger partial charge < -0.3 is 5.32 Å². The van der Waals surface area contributed by atoms with Crippen LogP contribution in [0.2, 0.25) is 5.02 Å². The lowest BCUT2D eigenvalue weighted by Crippen LogP contribution is -2.04. The Labute approximate surface area is 120 Å². The predicted octanol–water partition coefficient (Wildman–Crippen LogP) is 3.92. The molecule has 2 rings (SSSR count). The third kappa shape index (κ3) is 3.43. The van der Waals surface area contributed by atoms with Crippen LogP contribution in [0.4, 0.5) is 5.82 Å². The average molecular weight is 327 g/mol. The molecule has 0 aliphatic heterocycles. The SMILES string of the molecule is CCNc1nc(Cc2ccc(Cl)cc2)ncc1Br. The van der Waals surface area contributed by atoms with Crippen molar-refractivity contribution in [2.24, 2.45) is 0 Å². The number of aromatic nitrogens is 2. The normalized spacial score (nSPS) is 10.4. The summed E-state index contributed by atoms with van der Waals surface area (Å²) in [6.07, 6.45) is 2.47. The molecule has 0 spiro atoms. The fourth-order valence-corrected chi connectivity index (χ4v) is 2.02. The van der Waals surface area contributed by atoms with E-state index < -0.39 is 0 Å². The highest BCUT2D eigenvalue weighted by atomic mass is 79.9. The van der Waals surface area contributed by atoms with Gasteiger partial charge in [-0.3, -0.25) is 0 Å². The van der Waals surface area contributed by atoms with Crippen LogP contribution in [0.25, 0.3) is 0 Å². The van der Waals surface area contributed by atoms with Gasteiger partial charge in [0.2, 0.25) is 0 Å². The minimum Gasteiger partial charge on any atom is -0.369 e. The van der Waals surface area contributed by atoms with Gasteiger partial charge in [-0.05, 0) is 40.5 Å². The van der Waals surface area contributed by atoms with Crippen molar-refractivity contribution in [2.45, 2.75) is 13.3 Å². The second-order valence-corrected chi connectivity index (χ2v) is 5.11. The molecule has 94 valence electrons. The lowest BCUT2D eigenvalue weighted by atomic mass is 10.1. The number of hydrogen-bond acceptors (Lipinski definition) is 3. The summed E-state index contributed by atoms with van der Waals surface area (Å²) in [6.45, 7) is 2.86. The van der Waals surface area contributed by atoms with Gasteiger partial charge in [0.15, 0.2) is 0 Å². The molecule has 0 bridgehead atoms. The molecule has 2 aromatic rings. The molecule has 1 N–H and O–H groups in total. The van der Waals surface area contributed by atoms with Gasteiger partial charge in [0, 0.05) is 24.2 Å². The molecule has 3 nitrogen and oxygen atoms in total. The number of anilines is 1. The molecular formula is C13H13BrClN3. The molecule has 0 fully saturated rings. The van der Waals surface area contributed by atoms with Crippen molar-refractivity contribution in [3.63, 3.8) is 0 Å². The quantitative estimate of drug-likeness (QED) is 0.925. The van der Waals surface area contributed by atoms with E-state index in [1.165, 1.54) is 0 Å². The van der Waals surface area contributed by atoms with E-state index in [1.54, 1.807) is 6.20 Å². The largest absolute Gasteiger partial charge is 0.369 e. The van der Waals surface area contributed by atoms with Crippen molar-refractivity contribution in [1.29, 1.82) is 0 Å². The van der Waals surface area contributed by atoms with Crippen LogP contribution in [-0.4, -0.2) is 16.5 Å². The molecule has 1 aromatic carbocycles. The highest BCUT2D eigenvalue weighted by Gasteiger charge is 2.05. The Kier molecular flexibility index (Phi) is 4.55. The van der Waals surface area contributed by atoms with Crippen molar-refractivity contribution in [1.82, 2.24) is 9.97 Å². The van der Waals surface area contributed by atoms with Gasteiger partial charge in [-0.1, -0.05) is 23.7 Å². The number of benzene rings is 1. The van der Waals surface area contributed by atoms with Gasteiger partial charge in [-0.25, -0.2) is 9.97 Å². The minimum absolute atomic E-state index is 0.697. The molecule has 0 atom stereocenters. The Balaban J connectivity index is 2.18. The second kappa shape index (κ2) is 6.16. The molecule has 0 unspecified atom stereocenters. The average Bonchev–Trinajstić information content (AvgIpc) is 2.37. The van der Waals surface area contributed by atoms with Gasteiger partial charge in [0.05, 0.1) is 4.47 Å². The Hall–Kier alpha value is -1.13. The summed E-state index contributed by atoms with van der Waals surface area (Å²) in [7, 11) is 0. The van der Waals surface area contributed by atoms with Crippen molar-refractivity contribution in [3.05, 3.63) is 51.3 Å². The molecule has 1 heterocycles. The van der Waals surface area contributed by atoms with Crippen molar-refractivity contribution < 1.29 is 0 Å². The second-order valence-electron chi connectivity index (χ2n) is 3.82. The number of halogens is 2. The maximum Gasteiger partial charge on any atom is 0.144 e. The maximum absolute atomic E-state index is 5.85. The topological polar surface area (TPSA) is 37.8 Å². The van der Waals surface area contributed by atoms with Gasteiger partial charge in [-0.2, -0.15) is 0 Å². The van der Waals surface area contributed by atoms with Gasteiger partial charge in [0.1, 0.15) is 11.6 Å². The molecule has 0 amide bonds. The number of nitrogens with zero attached hydrogens (tertiary/aromatic N) is 2. The highest BCUT2D eigenvalue weighted by molar-refractivity contribution is 9.10. The molecule has 5 heteroatoms. The van der Waals surface area contributed by atoms with Gasteiger partial charge in [0.25, 0.3) is 0 Å². The van der Waals surface area contributed by atoms with Crippen molar-refractivity contribution in [3.8, 4) is 0 Å². The molecule has 0 radical (unpaired) electrons. The third-order valence-corrected chi connectivity index (χ3v) is 3.25. The van der Waals surface area contributed by atoms with Gasteiger partial charge in [-0.15, -0.1) is 0 Å².